The summed E-state index contributed by atoms with van der Waals surface area (Å²) in [5.41, 5.74) is 3.36. The first-order valence-corrected chi connectivity index (χ1v) is 5.79. The fourth-order valence-corrected chi connectivity index (χ4v) is 2.27. The van der Waals surface area contributed by atoms with Gasteiger partial charge in [-0.15, -0.1) is 0 Å². The molecule has 0 saturated heterocycles. The van der Waals surface area contributed by atoms with Crippen LogP contribution in [0.5, 0.6) is 0 Å². The number of hydrogen-bond acceptors (Lipinski definition) is 1. The van der Waals surface area contributed by atoms with Crippen LogP contribution in [0.4, 0.5) is 0 Å². The summed E-state index contributed by atoms with van der Waals surface area (Å²) < 4.78 is 5.94. The molecule has 0 atom stereocenters. The molecule has 0 aliphatic rings. The molecule has 3 aromatic rings. The third-order valence-corrected chi connectivity index (χ3v) is 3.01. The number of hydrogen-bond donors (Lipinski definition) is 0. The number of para-hydroxylation sites is 2. The fourth-order valence-electron chi connectivity index (χ4n) is 2.27. The molecule has 0 radical (unpaired) electrons. The molecule has 1 nitrogen and oxygen atoms in total. The molecule has 80 valence electrons. The summed E-state index contributed by atoms with van der Waals surface area (Å²) in [6.07, 6.45) is 2.23. The van der Waals surface area contributed by atoms with Gasteiger partial charge in [-0.3, -0.25) is 0 Å². The van der Waals surface area contributed by atoms with Crippen LogP contribution in [-0.2, 0) is 6.42 Å². The molecule has 0 aliphatic carbocycles. The van der Waals surface area contributed by atoms with Crippen LogP contribution in [0, 0.1) is 0 Å². The molecule has 0 spiro atoms. The molecule has 0 amide bonds. The molecule has 2 aromatic carbocycles. The van der Waals surface area contributed by atoms with Gasteiger partial charge in [-0.1, -0.05) is 49.7 Å². The summed E-state index contributed by atoms with van der Waals surface area (Å²) in [5, 5.41) is 2.46. The lowest BCUT2D eigenvalue weighted by molar-refractivity contribution is 0.661. The predicted molar refractivity (Wildman–Crippen MR) is 67.7 cm³/mol. The Hall–Kier alpha value is -1.76. The Kier molecular flexibility index (Phi) is 2.17. The van der Waals surface area contributed by atoms with Crippen molar-refractivity contribution in [3.05, 3.63) is 48.0 Å². The van der Waals surface area contributed by atoms with Gasteiger partial charge in [0.1, 0.15) is 11.2 Å². The highest BCUT2D eigenvalue weighted by Crippen LogP contribution is 2.30. The van der Waals surface area contributed by atoms with Crippen LogP contribution in [0.1, 0.15) is 18.9 Å². The Morgan fingerprint density at radius 2 is 1.75 bits per heavy atom. The van der Waals surface area contributed by atoms with Gasteiger partial charge in [-0.2, -0.15) is 0 Å². The quantitative estimate of drug-likeness (QED) is 0.605. The third kappa shape index (κ3) is 1.32. The van der Waals surface area contributed by atoms with Crippen molar-refractivity contribution in [1.82, 2.24) is 0 Å². The minimum absolute atomic E-state index is 0.987. The van der Waals surface area contributed by atoms with E-state index in [1.165, 1.54) is 16.3 Å². The average Bonchev–Trinajstić information content (AvgIpc) is 2.69. The molecule has 0 unspecified atom stereocenters. The predicted octanol–water partition coefficient (Wildman–Crippen LogP) is 4.54. The van der Waals surface area contributed by atoms with Gasteiger partial charge in [-0.05, 0) is 18.1 Å². The van der Waals surface area contributed by atoms with E-state index in [2.05, 4.69) is 37.3 Å². The summed E-state index contributed by atoms with van der Waals surface area (Å²) in [4.78, 5) is 0. The van der Waals surface area contributed by atoms with E-state index >= 15 is 0 Å². The van der Waals surface area contributed by atoms with Crippen molar-refractivity contribution in [3.8, 4) is 0 Å². The van der Waals surface area contributed by atoms with Crippen molar-refractivity contribution < 1.29 is 4.42 Å². The first-order valence-electron chi connectivity index (χ1n) is 5.79. The Labute approximate surface area is 94.7 Å². The van der Waals surface area contributed by atoms with Crippen LogP contribution >= 0.6 is 0 Å². The molecule has 0 fully saturated rings. The maximum absolute atomic E-state index is 5.94. The van der Waals surface area contributed by atoms with E-state index in [9.17, 15) is 0 Å². The van der Waals surface area contributed by atoms with E-state index in [1.807, 2.05) is 12.1 Å². The maximum atomic E-state index is 5.94. The summed E-state index contributed by atoms with van der Waals surface area (Å²) in [5.74, 6) is 0. The highest BCUT2D eigenvalue weighted by Gasteiger charge is 2.08. The van der Waals surface area contributed by atoms with Crippen molar-refractivity contribution in [2.75, 3.05) is 0 Å². The van der Waals surface area contributed by atoms with Crippen LogP contribution in [0.25, 0.3) is 21.9 Å². The Balaban J connectivity index is 2.39. The zero-order valence-corrected chi connectivity index (χ0v) is 9.36. The monoisotopic (exact) mass is 210 g/mol. The molecule has 3 rings (SSSR count). The average molecular weight is 210 g/mol. The molecule has 0 aliphatic heterocycles. The smallest absolute Gasteiger partial charge is 0.138 e. The van der Waals surface area contributed by atoms with Crippen LogP contribution < -0.4 is 0 Å². The van der Waals surface area contributed by atoms with Crippen LogP contribution in [0.3, 0.4) is 0 Å². The van der Waals surface area contributed by atoms with Gasteiger partial charge in [0.2, 0.25) is 0 Å². The van der Waals surface area contributed by atoms with Crippen LogP contribution in [0.2, 0.25) is 0 Å². The SMILES string of the molecule is CCCc1cccc2c1oc1ccccc12. The summed E-state index contributed by atoms with van der Waals surface area (Å²) in [6, 6.07) is 14.7. The van der Waals surface area contributed by atoms with E-state index < -0.39 is 0 Å². The first-order chi connectivity index (χ1) is 7.90. The highest BCUT2D eigenvalue weighted by atomic mass is 16.3. The van der Waals surface area contributed by atoms with Crippen molar-refractivity contribution in [1.29, 1.82) is 0 Å². The van der Waals surface area contributed by atoms with Gasteiger partial charge >= 0.3 is 0 Å². The third-order valence-electron chi connectivity index (χ3n) is 3.01. The number of fused-ring (bicyclic) bond motifs is 3. The van der Waals surface area contributed by atoms with E-state index in [-0.39, 0.29) is 0 Å². The molecular formula is C15H14O. The Morgan fingerprint density at radius 3 is 2.62 bits per heavy atom. The Morgan fingerprint density at radius 1 is 0.938 bits per heavy atom. The van der Waals surface area contributed by atoms with E-state index in [1.54, 1.807) is 0 Å². The normalized spacial score (nSPS) is 11.3. The molecule has 1 heterocycles. The lowest BCUT2D eigenvalue weighted by atomic mass is 10.1. The van der Waals surface area contributed by atoms with E-state index in [0.29, 0.717) is 0 Å². The van der Waals surface area contributed by atoms with Gasteiger partial charge < -0.3 is 4.42 Å². The second-order valence-corrected chi connectivity index (χ2v) is 4.14. The largest absolute Gasteiger partial charge is 0.456 e. The van der Waals surface area contributed by atoms with Crippen LogP contribution in [-0.4, -0.2) is 0 Å². The molecule has 0 N–H and O–H groups in total. The summed E-state index contributed by atoms with van der Waals surface area (Å²) in [6.45, 7) is 2.20. The zero-order valence-electron chi connectivity index (χ0n) is 9.36. The van der Waals surface area contributed by atoms with Gasteiger partial charge in [0, 0.05) is 10.8 Å². The van der Waals surface area contributed by atoms with Crippen molar-refractivity contribution in [2.45, 2.75) is 19.8 Å². The standard InChI is InChI=1S/C15H14O/c1-2-6-11-7-5-9-13-12-8-3-4-10-14(12)16-15(11)13/h3-5,7-10H,2,6H2,1H3. The number of benzene rings is 2. The number of rotatable bonds is 2. The molecule has 0 bridgehead atoms. The van der Waals surface area contributed by atoms with Gasteiger partial charge in [0.25, 0.3) is 0 Å². The molecular weight excluding hydrogens is 196 g/mol. The van der Waals surface area contributed by atoms with Crippen molar-refractivity contribution in [2.24, 2.45) is 0 Å². The van der Waals surface area contributed by atoms with Gasteiger partial charge in [0.15, 0.2) is 0 Å². The van der Waals surface area contributed by atoms with Gasteiger partial charge in [-0.25, -0.2) is 0 Å². The van der Waals surface area contributed by atoms with Gasteiger partial charge in [0.05, 0.1) is 0 Å². The zero-order chi connectivity index (χ0) is 11.0. The number of furan rings is 1. The minimum atomic E-state index is 0.987. The van der Waals surface area contributed by atoms with Crippen LogP contribution in [0.15, 0.2) is 46.9 Å². The van der Waals surface area contributed by atoms with E-state index in [4.69, 9.17) is 4.42 Å². The van der Waals surface area contributed by atoms with E-state index in [0.717, 1.165) is 24.0 Å². The Bertz CT molecular complexity index is 634. The minimum Gasteiger partial charge on any atom is -0.456 e. The summed E-state index contributed by atoms with van der Waals surface area (Å²) in [7, 11) is 0. The topological polar surface area (TPSA) is 13.1 Å². The van der Waals surface area contributed by atoms with Crippen molar-refractivity contribution in [3.63, 3.8) is 0 Å². The second-order valence-electron chi connectivity index (χ2n) is 4.14. The lowest BCUT2D eigenvalue weighted by Crippen LogP contribution is -1.82. The molecule has 1 aromatic heterocycles. The summed E-state index contributed by atoms with van der Waals surface area (Å²) >= 11 is 0. The number of aryl methyl sites for hydroxylation is 1. The second kappa shape index (κ2) is 3.67. The van der Waals surface area contributed by atoms with Crippen molar-refractivity contribution >= 4 is 21.9 Å². The molecule has 16 heavy (non-hydrogen) atoms. The first kappa shape index (κ1) is 9.46. The molecule has 0 saturated carbocycles. The highest BCUT2D eigenvalue weighted by molar-refractivity contribution is 6.05. The maximum Gasteiger partial charge on any atom is 0.138 e. The lowest BCUT2D eigenvalue weighted by Gasteiger charge is -1.98. The fraction of sp³-hybridized carbons (Fsp3) is 0.200. The molecule has 1 heteroatoms.